The molecule has 150 valence electrons. The number of fused-ring (bicyclic) bond motifs is 1. The van der Waals surface area contributed by atoms with Crippen molar-refractivity contribution in [2.24, 2.45) is 5.10 Å². The van der Waals surface area contributed by atoms with Gasteiger partial charge in [-0.3, -0.25) is 4.79 Å². The summed E-state index contributed by atoms with van der Waals surface area (Å²) in [6, 6.07) is 18.9. The Kier molecular flexibility index (Phi) is 5.52. The zero-order chi connectivity index (χ0) is 20.9. The number of H-pyrrole nitrogens is 1. The van der Waals surface area contributed by atoms with Crippen LogP contribution in [0.25, 0.3) is 11.0 Å². The van der Waals surface area contributed by atoms with Gasteiger partial charge in [0.15, 0.2) is 0 Å². The maximum absolute atomic E-state index is 13.2. The molecule has 4 rings (SSSR count). The molecule has 4 aromatic rings. The van der Waals surface area contributed by atoms with Crippen LogP contribution in [-0.2, 0) is 6.42 Å². The molecular formula is C23H19FN4O2. The Morgan fingerprint density at radius 2 is 2.00 bits per heavy atom. The summed E-state index contributed by atoms with van der Waals surface area (Å²) in [5, 5.41) is 3.89. The summed E-state index contributed by atoms with van der Waals surface area (Å²) in [6.45, 7) is 0. The molecule has 0 aliphatic carbocycles. The highest BCUT2D eigenvalue weighted by atomic mass is 19.1. The number of hydrazone groups is 1. The lowest BCUT2D eigenvalue weighted by atomic mass is 10.1. The van der Waals surface area contributed by atoms with E-state index in [1.54, 1.807) is 37.4 Å². The minimum absolute atomic E-state index is 0.361. The van der Waals surface area contributed by atoms with Crippen molar-refractivity contribution in [2.75, 3.05) is 7.11 Å². The van der Waals surface area contributed by atoms with Gasteiger partial charge in [0, 0.05) is 12.0 Å². The fraction of sp³-hybridized carbons (Fsp3) is 0.0870. The third kappa shape index (κ3) is 4.52. The van der Waals surface area contributed by atoms with Crippen LogP contribution in [0.5, 0.6) is 5.75 Å². The quantitative estimate of drug-likeness (QED) is 0.377. The van der Waals surface area contributed by atoms with E-state index in [1.165, 1.54) is 18.3 Å². The predicted molar refractivity (Wildman–Crippen MR) is 113 cm³/mol. The SMILES string of the molecule is COc1ccc(Cc2nc3ccc(C(=O)N/N=C\c4cccc(F)c4)cc3[nH]2)cc1. The maximum atomic E-state index is 13.2. The lowest BCUT2D eigenvalue weighted by molar-refractivity contribution is 0.0955. The number of methoxy groups -OCH3 is 1. The van der Waals surface area contributed by atoms with E-state index in [2.05, 4.69) is 20.5 Å². The number of imidazole rings is 1. The van der Waals surface area contributed by atoms with E-state index in [0.717, 1.165) is 28.2 Å². The maximum Gasteiger partial charge on any atom is 0.271 e. The van der Waals surface area contributed by atoms with Gasteiger partial charge in [0.2, 0.25) is 0 Å². The van der Waals surface area contributed by atoms with E-state index in [4.69, 9.17) is 4.74 Å². The molecule has 1 aromatic heterocycles. The average Bonchev–Trinajstić information content (AvgIpc) is 3.15. The van der Waals surface area contributed by atoms with Gasteiger partial charge < -0.3 is 9.72 Å². The summed E-state index contributed by atoms with van der Waals surface area (Å²) < 4.78 is 18.3. The Balaban J connectivity index is 1.45. The number of nitrogens with one attached hydrogen (secondary N) is 2. The first-order chi connectivity index (χ1) is 14.6. The third-order valence-electron chi connectivity index (χ3n) is 4.55. The van der Waals surface area contributed by atoms with Crippen LogP contribution in [0.3, 0.4) is 0 Å². The second-order valence-corrected chi connectivity index (χ2v) is 6.69. The number of carbonyl (C=O) groups is 1. The summed E-state index contributed by atoms with van der Waals surface area (Å²) in [7, 11) is 1.63. The van der Waals surface area contributed by atoms with Gasteiger partial charge in [-0.25, -0.2) is 14.8 Å². The van der Waals surface area contributed by atoms with Crippen molar-refractivity contribution in [3.63, 3.8) is 0 Å². The van der Waals surface area contributed by atoms with E-state index in [0.29, 0.717) is 17.5 Å². The van der Waals surface area contributed by atoms with Crippen molar-refractivity contribution in [1.29, 1.82) is 0 Å². The van der Waals surface area contributed by atoms with E-state index in [1.807, 2.05) is 24.3 Å². The smallest absolute Gasteiger partial charge is 0.271 e. The highest BCUT2D eigenvalue weighted by Crippen LogP contribution is 2.18. The number of benzene rings is 3. The van der Waals surface area contributed by atoms with Crippen LogP contribution in [0.4, 0.5) is 4.39 Å². The van der Waals surface area contributed by atoms with Crippen molar-refractivity contribution in [2.45, 2.75) is 6.42 Å². The summed E-state index contributed by atoms with van der Waals surface area (Å²) in [5.41, 5.74) is 6.09. The Hall–Kier alpha value is -4.00. The van der Waals surface area contributed by atoms with Crippen molar-refractivity contribution in [1.82, 2.24) is 15.4 Å². The Labute approximate surface area is 172 Å². The molecule has 1 heterocycles. The Morgan fingerprint density at radius 1 is 1.17 bits per heavy atom. The second kappa shape index (κ2) is 8.57. The van der Waals surface area contributed by atoms with Crippen LogP contribution >= 0.6 is 0 Å². The van der Waals surface area contributed by atoms with Gasteiger partial charge in [-0.2, -0.15) is 5.10 Å². The molecule has 2 N–H and O–H groups in total. The molecule has 30 heavy (non-hydrogen) atoms. The van der Waals surface area contributed by atoms with Crippen molar-refractivity contribution in [3.8, 4) is 5.75 Å². The molecule has 0 aliphatic rings. The number of carbonyl (C=O) groups excluding carboxylic acids is 1. The minimum atomic E-state index is -0.365. The van der Waals surface area contributed by atoms with Crippen molar-refractivity contribution < 1.29 is 13.9 Å². The van der Waals surface area contributed by atoms with E-state index >= 15 is 0 Å². The van der Waals surface area contributed by atoms with Gasteiger partial charge in [-0.1, -0.05) is 24.3 Å². The molecule has 3 aromatic carbocycles. The molecule has 0 atom stereocenters. The van der Waals surface area contributed by atoms with Gasteiger partial charge in [0.1, 0.15) is 17.4 Å². The monoisotopic (exact) mass is 402 g/mol. The number of aromatic nitrogens is 2. The highest BCUT2D eigenvalue weighted by molar-refractivity contribution is 5.97. The highest BCUT2D eigenvalue weighted by Gasteiger charge is 2.09. The number of hydrogen-bond acceptors (Lipinski definition) is 4. The number of hydrogen-bond donors (Lipinski definition) is 2. The lowest BCUT2D eigenvalue weighted by Gasteiger charge is -2.01. The molecule has 0 spiro atoms. The Bertz CT molecular complexity index is 1220. The topological polar surface area (TPSA) is 79.4 Å². The first kappa shape index (κ1) is 19.3. The normalized spacial score (nSPS) is 11.1. The van der Waals surface area contributed by atoms with E-state index in [9.17, 15) is 9.18 Å². The van der Waals surface area contributed by atoms with Crippen LogP contribution in [0.1, 0.15) is 27.3 Å². The second-order valence-electron chi connectivity index (χ2n) is 6.69. The van der Waals surface area contributed by atoms with Crippen LogP contribution in [-0.4, -0.2) is 29.2 Å². The third-order valence-corrected chi connectivity index (χ3v) is 4.55. The summed E-state index contributed by atoms with van der Waals surface area (Å²) >= 11 is 0. The molecule has 0 fully saturated rings. The standard InChI is InChI=1S/C23H19FN4O2/c1-30-19-8-5-15(6-9-19)12-22-26-20-10-7-17(13-21(20)27-22)23(29)28-25-14-16-3-2-4-18(24)11-16/h2-11,13-14H,12H2,1H3,(H,26,27)(H,28,29)/b25-14-. The van der Waals surface area contributed by atoms with Crippen molar-refractivity contribution in [3.05, 3.63) is 95.1 Å². The number of rotatable bonds is 6. The lowest BCUT2D eigenvalue weighted by Crippen LogP contribution is -2.17. The van der Waals surface area contributed by atoms with Crippen LogP contribution in [0, 0.1) is 5.82 Å². The van der Waals surface area contributed by atoms with Gasteiger partial charge in [-0.15, -0.1) is 0 Å². The largest absolute Gasteiger partial charge is 0.497 e. The summed E-state index contributed by atoms with van der Waals surface area (Å²) in [4.78, 5) is 20.2. The van der Waals surface area contributed by atoms with Gasteiger partial charge in [0.05, 0.1) is 24.4 Å². The van der Waals surface area contributed by atoms with Crippen LogP contribution in [0.15, 0.2) is 71.8 Å². The number of aromatic amines is 1. The summed E-state index contributed by atoms with van der Waals surface area (Å²) in [6.07, 6.45) is 2.03. The van der Waals surface area contributed by atoms with Gasteiger partial charge >= 0.3 is 0 Å². The first-order valence-electron chi connectivity index (χ1n) is 9.31. The molecule has 0 saturated carbocycles. The Morgan fingerprint density at radius 3 is 2.77 bits per heavy atom. The van der Waals surface area contributed by atoms with Crippen LogP contribution < -0.4 is 10.2 Å². The molecule has 0 saturated heterocycles. The molecule has 0 unspecified atom stereocenters. The van der Waals surface area contributed by atoms with Gasteiger partial charge in [0.25, 0.3) is 5.91 Å². The fourth-order valence-corrected chi connectivity index (χ4v) is 3.04. The number of amides is 1. The molecule has 0 aliphatic heterocycles. The zero-order valence-corrected chi connectivity index (χ0v) is 16.2. The molecular weight excluding hydrogens is 383 g/mol. The molecule has 1 amide bonds. The fourth-order valence-electron chi connectivity index (χ4n) is 3.04. The predicted octanol–water partition coefficient (Wildman–Crippen LogP) is 4.07. The van der Waals surface area contributed by atoms with E-state index < -0.39 is 0 Å². The minimum Gasteiger partial charge on any atom is -0.497 e. The molecule has 6 nitrogen and oxygen atoms in total. The number of halogens is 1. The molecule has 0 bridgehead atoms. The zero-order valence-electron chi connectivity index (χ0n) is 16.2. The first-order valence-corrected chi connectivity index (χ1v) is 9.31. The molecule has 0 radical (unpaired) electrons. The van der Waals surface area contributed by atoms with E-state index in [-0.39, 0.29) is 11.7 Å². The number of nitrogens with zero attached hydrogens (tertiary/aromatic N) is 2. The average molecular weight is 402 g/mol. The van der Waals surface area contributed by atoms with Crippen LogP contribution in [0.2, 0.25) is 0 Å². The summed E-state index contributed by atoms with van der Waals surface area (Å²) in [5.74, 6) is 0.882. The van der Waals surface area contributed by atoms with Gasteiger partial charge in [-0.05, 0) is 53.6 Å². The number of ether oxygens (including phenoxy) is 1. The molecule has 7 heteroatoms. The van der Waals surface area contributed by atoms with Crippen molar-refractivity contribution >= 4 is 23.2 Å².